The summed E-state index contributed by atoms with van der Waals surface area (Å²) in [6, 6.07) is 8.53. The Bertz CT molecular complexity index is 655. The third-order valence-electron chi connectivity index (χ3n) is 2.57. The Morgan fingerprint density at radius 2 is 2.13 bits per heavy atom. The third kappa shape index (κ3) is 1.35. The standard InChI is InChI=1S/C12H9BrN2/c1-8-2-3-9-4-5-15-7-11(13)14-12(15)10(9)6-8/h2-7H,1H3. The van der Waals surface area contributed by atoms with E-state index in [9.17, 15) is 0 Å². The lowest BCUT2D eigenvalue weighted by atomic mass is 10.1. The number of benzene rings is 1. The molecule has 2 aromatic heterocycles. The fourth-order valence-electron chi connectivity index (χ4n) is 1.85. The maximum atomic E-state index is 4.46. The van der Waals surface area contributed by atoms with Crippen LogP contribution in [0.15, 0.2) is 41.3 Å². The molecule has 0 bridgehead atoms. The zero-order valence-corrected chi connectivity index (χ0v) is 9.82. The molecule has 0 radical (unpaired) electrons. The minimum atomic E-state index is 0.872. The summed E-state index contributed by atoms with van der Waals surface area (Å²) in [7, 11) is 0. The third-order valence-corrected chi connectivity index (χ3v) is 2.95. The molecule has 0 aliphatic heterocycles. The van der Waals surface area contributed by atoms with Crippen molar-refractivity contribution in [3.8, 4) is 0 Å². The van der Waals surface area contributed by atoms with Crippen LogP contribution in [0.3, 0.4) is 0 Å². The van der Waals surface area contributed by atoms with Crippen LogP contribution in [0.4, 0.5) is 0 Å². The number of fused-ring (bicyclic) bond motifs is 3. The van der Waals surface area contributed by atoms with Gasteiger partial charge in [-0.3, -0.25) is 0 Å². The van der Waals surface area contributed by atoms with Crippen molar-refractivity contribution in [1.82, 2.24) is 9.38 Å². The van der Waals surface area contributed by atoms with E-state index in [1.54, 1.807) is 0 Å². The van der Waals surface area contributed by atoms with Crippen molar-refractivity contribution in [2.75, 3.05) is 0 Å². The first-order chi connectivity index (χ1) is 7.24. The molecule has 0 amide bonds. The summed E-state index contributed by atoms with van der Waals surface area (Å²) in [5.41, 5.74) is 2.26. The van der Waals surface area contributed by atoms with Crippen LogP contribution < -0.4 is 0 Å². The largest absolute Gasteiger partial charge is 0.305 e. The van der Waals surface area contributed by atoms with Gasteiger partial charge >= 0.3 is 0 Å². The number of hydrogen-bond donors (Lipinski definition) is 0. The van der Waals surface area contributed by atoms with Gasteiger partial charge in [0.1, 0.15) is 10.3 Å². The Morgan fingerprint density at radius 1 is 1.27 bits per heavy atom. The zero-order valence-electron chi connectivity index (χ0n) is 8.24. The summed E-state index contributed by atoms with van der Waals surface area (Å²) < 4.78 is 2.91. The molecule has 2 heterocycles. The van der Waals surface area contributed by atoms with Crippen LogP contribution in [0.25, 0.3) is 16.4 Å². The van der Waals surface area contributed by atoms with E-state index >= 15 is 0 Å². The smallest absolute Gasteiger partial charge is 0.145 e. The second-order valence-electron chi connectivity index (χ2n) is 3.70. The van der Waals surface area contributed by atoms with Crippen LogP contribution in [0.5, 0.6) is 0 Å². The van der Waals surface area contributed by atoms with Crippen molar-refractivity contribution in [3.63, 3.8) is 0 Å². The maximum absolute atomic E-state index is 4.46. The van der Waals surface area contributed by atoms with Crippen LogP contribution in [-0.4, -0.2) is 9.38 Å². The number of pyridine rings is 1. The van der Waals surface area contributed by atoms with E-state index in [1.165, 1.54) is 16.3 Å². The average molecular weight is 261 g/mol. The summed E-state index contributed by atoms with van der Waals surface area (Å²) in [5, 5.41) is 2.43. The van der Waals surface area contributed by atoms with Crippen molar-refractivity contribution >= 4 is 32.3 Å². The number of imidazole rings is 1. The Kier molecular flexibility index (Phi) is 1.83. The number of rotatable bonds is 0. The number of nitrogens with zero attached hydrogens (tertiary/aromatic N) is 2. The van der Waals surface area contributed by atoms with Crippen molar-refractivity contribution < 1.29 is 0 Å². The Morgan fingerprint density at radius 3 is 3.00 bits per heavy atom. The first-order valence-electron chi connectivity index (χ1n) is 4.77. The molecule has 3 heteroatoms. The molecular formula is C12H9BrN2. The highest BCUT2D eigenvalue weighted by atomic mass is 79.9. The molecule has 2 nitrogen and oxygen atoms in total. The van der Waals surface area contributed by atoms with Gasteiger partial charge in [0, 0.05) is 17.8 Å². The number of aromatic nitrogens is 2. The lowest BCUT2D eigenvalue weighted by molar-refractivity contribution is 1.20. The van der Waals surface area contributed by atoms with E-state index in [2.05, 4.69) is 52.1 Å². The van der Waals surface area contributed by atoms with Crippen molar-refractivity contribution in [2.24, 2.45) is 0 Å². The second kappa shape index (κ2) is 3.07. The Hall–Kier alpha value is -1.35. The Balaban J connectivity index is 2.56. The quantitative estimate of drug-likeness (QED) is 0.604. The molecule has 3 rings (SSSR count). The minimum absolute atomic E-state index is 0.872. The van der Waals surface area contributed by atoms with Crippen molar-refractivity contribution in [3.05, 3.63) is 46.8 Å². The second-order valence-corrected chi connectivity index (χ2v) is 4.51. The molecule has 0 saturated heterocycles. The molecule has 1 aromatic carbocycles. The Labute approximate surface area is 95.7 Å². The highest BCUT2D eigenvalue weighted by molar-refractivity contribution is 9.10. The number of halogens is 1. The summed E-state index contributed by atoms with van der Waals surface area (Å²) in [4.78, 5) is 4.46. The molecule has 0 N–H and O–H groups in total. The van der Waals surface area contributed by atoms with Gasteiger partial charge in [-0.2, -0.15) is 0 Å². The fraction of sp³-hybridized carbons (Fsp3) is 0.0833. The average Bonchev–Trinajstić information content (AvgIpc) is 2.58. The summed E-state index contributed by atoms with van der Waals surface area (Å²) >= 11 is 3.40. The zero-order chi connectivity index (χ0) is 10.4. The molecular weight excluding hydrogens is 252 g/mol. The predicted molar refractivity (Wildman–Crippen MR) is 65.1 cm³/mol. The number of aryl methyl sites for hydroxylation is 1. The van der Waals surface area contributed by atoms with E-state index in [0.717, 1.165) is 10.3 Å². The molecule has 74 valence electrons. The van der Waals surface area contributed by atoms with Crippen LogP contribution >= 0.6 is 15.9 Å². The molecule has 0 spiro atoms. The van der Waals surface area contributed by atoms with Crippen LogP contribution in [0.2, 0.25) is 0 Å². The molecule has 15 heavy (non-hydrogen) atoms. The van der Waals surface area contributed by atoms with E-state index in [-0.39, 0.29) is 0 Å². The molecule has 0 aliphatic carbocycles. The SMILES string of the molecule is Cc1ccc2ccn3cc(Br)nc3c2c1. The van der Waals surface area contributed by atoms with Crippen LogP contribution in [0.1, 0.15) is 5.56 Å². The van der Waals surface area contributed by atoms with Crippen LogP contribution in [-0.2, 0) is 0 Å². The summed E-state index contributed by atoms with van der Waals surface area (Å²) in [6.45, 7) is 2.10. The first-order valence-corrected chi connectivity index (χ1v) is 5.57. The van der Waals surface area contributed by atoms with E-state index < -0.39 is 0 Å². The van der Waals surface area contributed by atoms with Gasteiger partial charge in [0.2, 0.25) is 0 Å². The summed E-state index contributed by atoms with van der Waals surface area (Å²) in [5.74, 6) is 0. The highest BCUT2D eigenvalue weighted by Gasteiger charge is 2.03. The van der Waals surface area contributed by atoms with Gasteiger partial charge < -0.3 is 4.40 Å². The lowest BCUT2D eigenvalue weighted by Crippen LogP contribution is -1.85. The topological polar surface area (TPSA) is 17.3 Å². The van der Waals surface area contributed by atoms with E-state index in [1.807, 2.05) is 16.8 Å². The van der Waals surface area contributed by atoms with Crippen molar-refractivity contribution in [2.45, 2.75) is 6.92 Å². The van der Waals surface area contributed by atoms with Gasteiger partial charge in [-0.05, 0) is 40.4 Å². The summed E-state index contributed by atoms with van der Waals surface area (Å²) in [6.07, 6.45) is 4.00. The lowest BCUT2D eigenvalue weighted by Gasteiger charge is -2.01. The maximum Gasteiger partial charge on any atom is 0.145 e. The first kappa shape index (κ1) is 8.92. The van der Waals surface area contributed by atoms with Gasteiger partial charge in [0.05, 0.1) is 0 Å². The predicted octanol–water partition coefficient (Wildman–Crippen LogP) is 3.56. The molecule has 0 atom stereocenters. The molecule has 0 saturated carbocycles. The van der Waals surface area contributed by atoms with Gasteiger partial charge in [0.25, 0.3) is 0 Å². The normalized spacial score (nSPS) is 11.3. The van der Waals surface area contributed by atoms with Crippen LogP contribution in [0, 0.1) is 6.92 Å². The van der Waals surface area contributed by atoms with E-state index in [4.69, 9.17) is 0 Å². The minimum Gasteiger partial charge on any atom is -0.305 e. The van der Waals surface area contributed by atoms with Crippen molar-refractivity contribution in [1.29, 1.82) is 0 Å². The van der Waals surface area contributed by atoms with Gasteiger partial charge in [-0.15, -0.1) is 0 Å². The molecule has 0 aliphatic rings. The molecule has 3 aromatic rings. The molecule has 0 unspecified atom stereocenters. The fourth-order valence-corrected chi connectivity index (χ4v) is 2.23. The van der Waals surface area contributed by atoms with Gasteiger partial charge in [-0.25, -0.2) is 4.98 Å². The van der Waals surface area contributed by atoms with E-state index in [0.29, 0.717) is 0 Å². The van der Waals surface area contributed by atoms with Gasteiger partial charge in [0.15, 0.2) is 0 Å². The number of hydrogen-bond acceptors (Lipinski definition) is 1. The van der Waals surface area contributed by atoms with Gasteiger partial charge in [-0.1, -0.05) is 17.7 Å². The molecule has 0 fully saturated rings. The monoisotopic (exact) mass is 260 g/mol. The highest BCUT2D eigenvalue weighted by Crippen LogP contribution is 2.22.